The summed E-state index contributed by atoms with van der Waals surface area (Å²) < 4.78 is 35.2. The highest BCUT2D eigenvalue weighted by Gasteiger charge is 2.40. The molecule has 1 heterocycles. The highest BCUT2D eigenvalue weighted by atomic mass is 28.4. The van der Waals surface area contributed by atoms with E-state index in [0.29, 0.717) is 12.1 Å². The molecule has 8 heteroatoms. The molecule has 1 saturated heterocycles. The Balaban J connectivity index is 3.25. The largest absolute Gasteiger partial charge is 0.490 e. The zero-order valence-electron chi connectivity index (χ0n) is 29.6. The third-order valence-corrected chi connectivity index (χ3v) is 14.0. The molecule has 0 aromatic rings. The molecule has 0 amide bonds. The molecule has 248 valence electrons. The van der Waals surface area contributed by atoms with E-state index >= 15 is 0 Å². The Bertz CT molecular complexity index is 977. The fourth-order valence-electron chi connectivity index (χ4n) is 6.09. The molecule has 6 atom stereocenters. The first-order chi connectivity index (χ1) is 20.1. The molecule has 1 aliphatic heterocycles. The average Bonchev–Trinajstić information content (AvgIpc) is 2.95. The number of carbonyl (C=O) groups is 1. The summed E-state index contributed by atoms with van der Waals surface area (Å²) in [6.45, 7) is 24.5. The Labute approximate surface area is 264 Å². The molecule has 7 nitrogen and oxygen atoms in total. The van der Waals surface area contributed by atoms with Crippen molar-refractivity contribution in [3.05, 3.63) is 47.3 Å². The second kappa shape index (κ2) is 18.3. The predicted octanol–water partition coefficient (Wildman–Crippen LogP) is 8.38. The van der Waals surface area contributed by atoms with Gasteiger partial charge in [0, 0.05) is 13.0 Å². The summed E-state index contributed by atoms with van der Waals surface area (Å²) in [6, 6.07) is 2.16. The van der Waals surface area contributed by atoms with Crippen LogP contribution in [0, 0.1) is 17.8 Å². The van der Waals surface area contributed by atoms with Crippen molar-refractivity contribution in [2.24, 2.45) is 17.8 Å². The topological polar surface area (TPSA) is 72.5 Å². The van der Waals surface area contributed by atoms with Crippen LogP contribution in [-0.2, 0) is 32.9 Å². The van der Waals surface area contributed by atoms with E-state index in [-0.39, 0.29) is 41.8 Å². The smallest absolute Gasteiger partial charge is 0.373 e. The van der Waals surface area contributed by atoms with Crippen molar-refractivity contribution in [3.63, 3.8) is 0 Å². The van der Waals surface area contributed by atoms with Gasteiger partial charge in [0.1, 0.15) is 6.10 Å². The fourth-order valence-corrected chi connectivity index (χ4v) is 9.81. The Morgan fingerprint density at radius 3 is 2.19 bits per heavy atom. The van der Waals surface area contributed by atoms with E-state index in [0.717, 1.165) is 24.1 Å². The van der Waals surface area contributed by atoms with Crippen LogP contribution in [0.15, 0.2) is 47.3 Å². The van der Waals surface area contributed by atoms with Gasteiger partial charge in [-0.2, -0.15) is 0 Å². The molecular weight excluding hydrogens is 560 g/mol. The second-order valence-corrected chi connectivity index (χ2v) is 18.0. The summed E-state index contributed by atoms with van der Waals surface area (Å²) in [7, 11) is 2.59. The summed E-state index contributed by atoms with van der Waals surface area (Å²) in [4.78, 5) is 12.1. The summed E-state index contributed by atoms with van der Waals surface area (Å²) in [5, 5.41) is 0. The number of hydrogen-bond acceptors (Lipinski definition) is 7. The molecule has 0 N–H and O–H groups in total. The lowest BCUT2D eigenvalue weighted by molar-refractivity contribution is -0.303. The summed E-state index contributed by atoms with van der Waals surface area (Å²) in [5.74, 6) is -0.287. The first-order valence-corrected chi connectivity index (χ1v) is 18.4. The molecule has 1 fully saturated rings. The maximum Gasteiger partial charge on any atom is 0.373 e. The number of allylic oxidation sites excluding steroid dienone is 5. The maximum atomic E-state index is 12.1. The normalized spacial score (nSPS) is 23.3. The van der Waals surface area contributed by atoms with Crippen LogP contribution >= 0.6 is 0 Å². The fraction of sp³-hybridized carbons (Fsp3) is 0.743. The van der Waals surface area contributed by atoms with Gasteiger partial charge in [-0.05, 0) is 69.7 Å². The van der Waals surface area contributed by atoms with Gasteiger partial charge in [0.2, 0.25) is 5.76 Å². The van der Waals surface area contributed by atoms with E-state index in [2.05, 4.69) is 79.7 Å². The van der Waals surface area contributed by atoms with E-state index in [9.17, 15) is 4.79 Å². The Morgan fingerprint density at radius 1 is 1.05 bits per heavy atom. The van der Waals surface area contributed by atoms with Crippen molar-refractivity contribution in [1.29, 1.82) is 0 Å². The summed E-state index contributed by atoms with van der Waals surface area (Å²) in [5.41, 5.74) is 2.73. The summed E-state index contributed by atoms with van der Waals surface area (Å²) in [6.07, 6.45) is 11.0. The standard InChI is InChI=1S/C35H62O7Si/c1-15-43(16-2,24(3)4)42-32(28(8)21-26(6)22-31(38-13)34(36)39-14)27(7)20-25(5)18-17-19-30(37-12)33-29(9)23-40-35(10,11)41-33/h17-19,21-22,24,27-30,32-33H,15-16,20,23H2,1-14H3/b19-17+,25-18+,26-21+,31-22-/t27?,28-,29+,30+,32+,33-/m1/s1. The Kier molecular flexibility index (Phi) is 16.7. The molecular formula is C35H62O7Si. The van der Waals surface area contributed by atoms with Gasteiger partial charge in [-0.15, -0.1) is 0 Å². The van der Waals surface area contributed by atoms with Crippen LogP contribution in [0.5, 0.6) is 0 Å². The van der Waals surface area contributed by atoms with Gasteiger partial charge in [-0.1, -0.05) is 83.9 Å². The highest BCUT2D eigenvalue weighted by molar-refractivity contribution is 6.75. The van der Waals surface area contributed by atoms with Crippen LogP contribution < -0.4 is 0 Å². The molecule has 1 rings (SSSR count). The highest BCUT2D eigenvalue weighted by Crippen LogP contribution is 2.36. The van der Waals surface area contributed by atoms with Crippen LogP contribution in [0.1, 0.15) is 82.6 Å². The van der Waals surface area contributed by atoms with Crippen molar-refractivity contribution >= 4 is 14.3 Å². The third kappa shape index (κ3) is 12.0. The average molecular weight is 623 g/mol. The van der Waals surface area contributed by atoms with Gasteiger partial charge < -0.3 is 28.1 Å². The van der Waals surface area contributed by atoms with Gasteiger partial charge in [0.05, 0.1) is 33.0 Å². The molecule has 0 saturated carbocycles. The molecule has 1 unspecified atom stereocenters. The molecule has 0 aliphatic carbocycles. The molecule has 0 bridgehead atoms. The monoisotopic (exact) mass is 622 g/mol. The Hall–Kier alpha value is -1.71. The number of esters is 1. The molecule has 0 aromatic carbocycles. The van der Waals surface area contributed by atoms with Crippen LogP contribution in [-0.4, -0.2) is 66.3 Å². The van der Waals surface area contributed by atoms with Gasteiger partial charge >= 0.3 is 5.97 Å². The minimum Gasteiger partial charge on any atom is -0.490 e. The van der Waals surface area contributed by atoms with E-state index in [1.807, 2.05) is 20.8 Å². The van der Waals surface area contributed by atoms with Crippen LogP contribution in [0.2, 0.25) is 17.6 Å². The maximum absolute atomic E-state index is 12.1. The van der Waals surface area contributed by atoms with E-state index < -0.39 is 20.1 Å². The first kappa shape index (κ1) is 39.3. The lowest BCUT2D eigenvalue weighted by Gasteiger charge is -2.42. The van der Waals surface area contributed by atoms with E-state index in [4.69, 9.17) is 28.1 Å². The van der Waals surface area contributed by atoms with Gasteiger partial charge in [-0.25, -0.2) is 4.79 Å². The zero-order valence-corrected chi connectivity index (χ0v) is 30.6. The van der Waals surface area contributed by atoms with Crippen LogP contribution in [0.4, 0.5) is 0 Å². The quantitative estimate of drug-likeness (QED) is 0.0530. The van der Waals surface area contributed by atoms with E-state index in [1.54, 1.807) is 13.2 Å². The lowest BCUT2D eigenvalue weighted by Crippen LogP contribution is -2.49. The molecule has 43 heavy (non-hydrogen) atoms. The lowest BCUT2D eigenvalue weighted by atomic mass is 9.87. The first-order valence-electron chi connectivity index (χ1n) is 16.0. The molecule has 0 aromatic heterocycles. The summed E-state index contributed by atoms with van der Waals surface area (Å²) >= 11 is 0. The van der Waals surface area contributed by atoms with Gasteiger partial charge in [0.15, 0.2) is 14.1 Å². The number of carbonyl (C=O) groups excluding carboxylic acids is 1. The number of hydrogen-bond donors (Lipinski definition) is 0. The van der Waals surface area contributed by atoms with E-state index in [1.165, 1.54) is 19.8 Å². The zero-order chi connectivity index (χ0) is 33.0. The Morgan fingerprint density at radius 2 is 1.67 bits per heavy atom. The van der Waals surface area contributed by atoms with Crippen molar-refractivity contribution in [3.8, 4) is 0 Å². The third-order valence-electron chi connectivity index (χ3n) is 8.79. The van der Waals surface area contributed by atoms with Crippen molar-refractivity contribution in [1.82, 2.24) is 0 Å². The molecule has 1 aliphatic rings. The van der Waals surface area contributed by atoms with Crippen LogP contribution in [0.3, 0.4) is 0 Å². The van der Waals surface area contributed by atoms with Crippen LogP contribution in [0.25, 0.3) is 0 Å². The van der Waals surface area contributed by atoms with Crippen molar-refractivity contribution < 1.29 is 32.9 Å². The SMILES string of the molecule is CC[Si](CC)(O[C@@H](C(C)C/C(C)=C/C=C/[C@H](OC)[C@@H]1OC(C)(C)OC[C@@H]1C)[C@H](C)/C=C(C)/C=C(\OC)C(=O)OC)C(C)C. The molecule has 0 radical (unpaired) electrons. The predicted molar refractivity (Wildman–Crippen MR) is 178 cm³/mol. The molecule has 0 spiro atoms. The second-order valence-electron chi connectivity index (χ2n) is 13.0. The minimum atomic E-state index is -1.97. The van der Waals surface area contributed by atoms with Gasteiger partial charge in [-0.3, -0.25) is 0 Å². The van der Waals surface area contributed by atoms with Gasteiger partial charge in [0.25, 0.3) is 0 Å². The van der Waals surface area contributed by atoms with Crippen molar-refractivity contribution in [2.45, 2.75) is 124 Å². The number of rotatable bonds is 17. The number of methoxy groups -OCH3 is 3. The minimum absolute atomic E-state index is 0.0270. The number of ether oxygens (including phenoxy) is 5. The van der Waals surface area contributed by atoms with Crippen molar-refractivity contribution in [2.75, 3.05) is 27.9 Å².